The lowest BCUT2D eigenvalue weighted by Gasteiger charge is -2.00. The Morgan fingerprint density at radius 2 is 2.00 bits per heavy atom. The normalized spacial score (nSPS) is 10.8. The van der Waals surface area contributed by atoms with Gasteiger partial charge in [0.15, 0.2) is 11.6 Å². The maximum absolute atomic E-state index is 13.4. The first-order chi connectivity index (χ1) is 6.59. The number of rotatable bonds is 0. The number of hydrogen-bond acceptors (Lipinski definition) is 1. The van der Waals surface area contributed by atoms with Gasteiger partial charge < -0.3 is 4.98 Å². The number of H-pyrrole nitrogens is 1. The van der Waals surface area contributed by atoms with Crippen molar-refractivity contribution in [3.05, 3.63) is 44.7 Å². The molecule has 0 amide bonds. The summed E-state index contributed by atoms with van der Waals surface area (Å²) >= 11 is 2.97. The van der Waals surface area contributed by atoms with Crippen molar-refractivity contribution < 1.29 is 8.78 Å². The largest absolute Gasteiger partial charge is 0.317 e. The summed E-state index contributed by atoms with van der Waals surface area (Å²) in [5.41, 5.74) is -0.916. The minimum atomic E-state index is -0.922. The summed E-state index contributed by atoms with van der Waals surface area (Å²) in [5, 5.41) is 0.322. The number of hydrogen-bond donors (Lipinski definition) is 1. The number of benzene rings is 1. The van der Waals surface area contributed by atoms with Crippen LogP contribution in [0.3, 0.4) is 0 Å². The van der Waals surface area contributed by atoms with Crippen LogP contribution in [-0.4, -0.2) is 4.98 Å². The number of nitrogens with one attached hydrogen (secondary N) is 1. The van der Waals surface area contributed by atoms with Crippen LogP contribution in [0.4, 0.5) is 8.78 Å². The molecule has 0 aliphatic carbocycles. The van der Waals surface area contributed by atoms with E-state index in [-0.39, 0.29) is 9.99 Å². The first-order valence-electron chi connectivity index (χ1n) is 3.76. The van der Waals surface area contributed by atoms with Crippen molar-refractivity contribution in [3.8, 4) is 0 Å². The van der Waals surface area contributed by atoms with E-state index >= 15 is 0 Å². The summed E-state index contributed by atoms with van der Waals surface area (Å²) in [4.78, 5) is 13.0. The maximum Gasteiger partial charge on any atom is 0.284 e. The molecule has 1 aromatic carbocycles. The van der Waals surface area contributed by atoms with Gasteiger partial charge in [-0.3, -0.25) is 4.79 Å². The van der Waals surface area contributed by atoms with E-state index in [0.717, 1.165) is 6.07 Å². The molecule has 0 aliphatic rings. The molecule has 0 saturated heterocycles. The lowest BCUT2D eigenvalue weighted by molar-refractivity contribution is 0.606. The van der Waals surface area contributed by atoms with Crippen LogP contribution in [0.2, 0.25) is 0 Å². The van der Waals surface area contributed by atoms with Crippen molar-refractivity contribution in [2.24, 2.45) is 0 Å². The lowest BCUT2D eigenvalue weighted by atomic mass is 10.2. The fourth-order valence-corrected chi connectivity index (χ4v) is 1.52. The second kappa shape index (κ2) is 3.16. The monoisotopic (exact) mass is 259 g/mol. The Hall–Kier alpha value is -1.23. The quantitative estimate of drug-likeness (QED) is 0.775. The van der Waals surface area contributed by atoms with Crippen molar-refractivity contribution in [3.63, 3.8) is 0 Å². The zero-order chi connectivity index (χ0) is 10.3. The highest BCUT2D eigenvalue weighted by atomic mass is 79.9. The second-order valence-electron chi connectivity index (χ2n) is 2.77. The van der Waals surface area contributed by atoms with Crippen LogP contribution < -0.4 is 5.56 Å². The van der Waals surface area contributed by atoms with E-state index in [2.05, 4.69) is 20.9 Å². The van der Waals surface area contributed by atoms with Crippen LogP contribution >= 0.6 is 15.9 Å². The van der Waals surface area contributed by atoms with Gasteiger partial charge in [0.05, 0.1) is 9.99 Å². The van der Waals surface area contributed by atoms with E-state index in [4.69, 9.17) is 0 Å². The summed E-state index contributed by atoms with van der Waals surface area (Å²) < 4.78 is 26.4. The van der Waals surface area contributed by atoms with Crippen LogP contribution in [-0.2, 0) is 0 Å². The van der Waals surface area contributed by atoms with E-state index in [0.29, 0.717) is 5.39 Å². The zero-order valence-corrected chi connectivity index (χ0v) is 8.36. The Morgan fingerprint density at radius 1 is 1.29 bits per heavy atom. The molecule has 2 nitrogen and oxygen atoms in total. The van der Waals surface area contributed by atoms with Crippen molar-refractivity contribution in [1.29, 1.82) is 0 Å². The van der Waals surface area contributed by atoms with Crippen molar-refractivity contribution >= 4 is 26.8 Å². The number of fused-ring (bicyclic) bond motifs is 1. The predicted octanol–water partition coefficient (Wildman–Crippen LogP) is 2.57. The second-order valence-corrected chi connectivity index (χ2v) is 3.63. The Balaban J connectivity index is 2.97. The SMILES string of the molecule is O=c1[nH]c2c(F)c(Br)ccc2cc1F. The fourth-order valence-electron chi connectivity index (χ4n) is 1.19. The molecular weight excluding hydrogens is 256 g/mol. The number of aromatic nitrogens is 1. The first kappa shape index (κ1) is 9.33. The van der Waals surface area contributed by atoms with Crippen molar-refractivity contribution in [2.75, 3.05) is 0 Å². The minimum Gasteiger partial charge on any atom is -0.317 e. The molecule has 72 valence electrons. The molecule has 0 spiro atoms. The third-order valence-corrected chi connectivity index (χ3v) is 2.48. The highest BCUT2D eigenvalue weighted by Gasteiger charge is 2.08. The molecule has 0 saturated carbocycles. The van der Waals surface area contributed by atoms with E-state index in [1.165, 1.54) is 12.1 Å². The maximum atomic E-state index is 13.4. The molecule has 2 rings (SSSR count). The molecule has 1 heterocycles. The third kappa shape index (κ3) is 1.33. The van der Waals surface area contributed by atoms with Crippen LogP contribution in [0.5, 0.6) is 0 Å². The summed E-state index contributed by atoms with van der Waals surface area (Å²) in [6.07, 6.45) is 0. The van der Waals surface area contributed by atoms with Crippen LogP contribution in [0.15, 0.2) is 27.5 Å². The van der Waals surface area contributed by atoms with E-state index in [1.54, 1.807) is 0 Å². The number of pyridine rings is 1. The Kier molecular flexibility index (Phi) is 2.11. The molecule has 0 atom stereocenters. The molecule has 0 radical (unpaired) electrons. The first-order valence-corrected chi connectivity index (χ1v) is 4.55. The van der Waals surface area contributed by atoms with E-state index in [1.807, 2.05) is 0 Å². The Labute approximate surface area is 85.7 Å². The van der Waals surface area contributed by atoms with Gasteiger partial charge in [0.25, 0.3) is 5.56 Å². The van der Waals surface area contributed by atoms with Crippen molar-refractivity contribution in [2.45, 2.75) is 0 Å². The lowest BCUT2D eigenvalue weighted by Crippen LogP contribution is -2.10. The molecule has 0 unspecified atom stereocenters. The van der Waals surface area contributed by atoms with Crippen LogP contribution in [0.1, 0.15) is 0 Å². The van der Waals surface area contributed by atoms with Gasteiger partial charge in [-0.2, -0.15) is 0 Å². The average Bonchev–Trinajstić information content (AvgIpc) is 2.15. The summed E-state index contributed by atoms with van der Waals surface area (Å²) in [6, 6.07) is 3.97. The zero-order valence-electron chi connectivity index (χ0n) is 6.77. The van der Waals surface area contributed by atoms with Crippen LogP contribution in [0.25, 0.3) is 10.9 Å². The molecule has 2 aromatic rings. The van der Waals surface area contributed by atoms with E-state index in [9.17, 15) is 13.6 Å². The molecule has 1 aromatic heterocycles. The average molecular weight is 260 g/mol. The molecular formula is C9H4BrF2NO. The Bertz CT molecular complexity index is 564. The van der Waals surface area contributed by atoms with E-state index < -0.39 is 17.2 Å². The van der Waals surface area contributed by atoms with Gasteiger partial charge in [-0.25, -0.2) is 8.78 Å². The van der Waals surface area contributed by atoms with Gasteiger partial charge in [-0.1, -0.05) is 6.07 Å². The predicted molar refractivity (Wildman–Crippen MR) is 52.2 cm³/mol. The molecule has 0 fully saturated rings. The summed E-state index contributed by atoms with van der Waals surface area (Å²) in [5.74, 6) is -1.51. The van der Waals surface area contributed by atoms with Crippen molar-refractivity contribution in [1.82, 2.24) is 4.98 Å². The van der Waals surface area contributed by atoms with Gasteiger partial charge in [0, 0.05) is 5.39 Å². The minimum absolute atomic E-state index is 0.00535. The van der Waals surface area contributed by atoms with Gasteiger partial charge in [0.2, 0.25) is 0 Å². The van der Waals surface area contributed by atoms with Gasteiger partial charge in [0.1, 0.15) is 0 Å². The molecule has 14 heavy (non-hydrogen) atoms. The molecule has 0 aliphatic heterocycles. The fraction of sp³-hybridized carbons (Fsp3) is 0. The highest BCUT2D eigenvalue weighted by Crippen LogP contribution is 2.22. The third-order valence-electron chi connectivity index (χ3n) is 1.86. The highest BCUT2D eigenvalue weighted by molar-refractivity contribution is 9.10. The molecule has 5 heteroatoms. The van der Waals surface area contributed by atoms with Crippen LogP contribution in [0, 0.1) is 11.6 Å². The standard InChI is InChI=1S/C9H4BrF2NO/c10-5-2-1-4-3-6(11)9(14)13-8(4)7(5)12/h1-3H,(H,13,14). The number of halogens is 3. The smallest absolute Gasteiger partial charge is 0.284 e. The topological polar surface area (TPSA) is 32.9 Å². The Morgan fingerprint density at radius 3 is 2.71 bits per heavy atom. The summed E-state index contributed by atoms with van der Waals surface area (Å²) in [7, 11) is 0. The molecule has 1 N–H and O–H groups in total. The summed E-state index contributed by atoms with van der Waals surface area (Å²) in [6.45, 7) is 0. The molecule has 0 bridgehead atoms. The number of aromatic amines is 1. The van der Waals surface area contributed by atoms with Gasteiger partial charge >= 0.3 is 0 Å². The van der Waals surface area contributed by atoms with Gasteiger partial charge in [-0.05, 0) is 28.1 Å². The van der Waals surface area contributed by atoms with Gasteiger partial charge in [-0.15, -0.1) is 0 Å².